The topological polar surface area (TPSA) is 32.3 Å². The van der Waals surface area contributed by atoms with Gasteiger partial charge in [0.2, 0.25) is 5.91 Å². The Kier molecular flexibility index (Phi) is 5.60. The molecule has 1 aliphatic rings. The Labute approximate surface area is 122 Å². The van der Waals surface area contributed by atoms with E-state index in [-0.39, 0.29) is 5.91 Å². The first-order valence-corrected chi connectivity index (χ1v) is 7.67. The van der Waals surface area contributed by atoms with Crippen LogP contribution in [0.3, 0.4) is 0 Å². The van der Waals surface area contributed by atoms with Crippen molar-refractivity contribution in [2.24, 2.45) is 0 Å². The van der Waals surface area contributed by atoms with Gasteiger partial charge in [0.05, 0.1) is 0 Å². The van der Waals surface area contributed by atoms with Crippen molar-refractivity contribution in [2.75, 3.05) is 20.6 Å². The molecule has 1 aromatic carbocycles. The molecular formula is C17H26N2O. The molecule has 1 amide bonds. The minimum atomic E-state index is 0.199. The third-order valence-corrected chi connectivity index (χ3v) is 4.24. The quantitative estimate of drug-likeness (QED) is 0.895. The van der Waals surface area contributed by atoms with Crippen LogP contribution < -0.4 is 5.32 Å². The lowest BCUT2D eigenvalue weighted by atomic mass is 9.80. The normalized spacial score (nSPS) is 22.5. The van der Waals surface area contributed by atoms with Crippen LogP contribution in [0.25, 0.3) is 0 Å². The number of carbonyl (C=O) groups excluding carboxylic acids is 1. The van der Waals surface area contributed by atoms with E-state index in [4.69, 9.17) is 0 Å². The maximum absolute atomic E-state index is 11.6. The number of nitrogens with zero attached hydrogens (tertiary/aromatic N) is 1. The summed E-state index contributed by atoms with van der Waals surface area (Å²) in [5.41, 5.74) is 1.43. The summed E-state index contributed by atoms with van der Waals surface area (Å²) in [6, 6.07) is 11.3. The lowest BCUT2D eigenvalue weighted by Crippen LogP contribution is -2.39. The molecule has 0 aromatic heterocycles. The number of carbonyl (C=O) groups is 1. The molecule has 0 aliphatic heterocycles. The fourth-order valence-corrected chi connectivity index (χ4v) is 3.06. The molecular weight excluding hydrogens is 248 g/mol. The van der Waals surface area contributed by atoms with Crippen molar-refractivity contribution in [1.82, 2.24) is 10.2 Å². The standard InChI is InChI=1S/C17H26N2O/c1-19(2)17(20)12-13-18-16-11-7-6-10-15(16)14-8-4-3-5-9-14/h3-5,8-9,15-16,18H,6-7,10-13H2,1-2H3. The maximum Gasteiger partial charge on any atom is 0.223 e. The summed E-state index contributed by atoms with van der Waals surface area (Å²) in [6.07, 6.45) is 5.67. The molecule has 3 nitrogen and oxygen atoms in total. The van der Waals surface area contributed by atoms with Crippen molar-refractivity contribution in [1.29, 1.82) is 0 Å². The summed E-state index contributed by atoms with van der Waals surface area (Å²) in [4.78, 5) is 13.3. The van der Waals surface area contributed by atoms with Gasteiger partial charge in [0.15, 0.2) is 0 Å². The van der Waals surface area contributed by atoms with Crippen molar-refractivity contribution in [3.8, 4) is 0 Å². The highest BCUT2D eigenvalue weighted by Crippen LogP contribution is 2.32. The second-order valence-electron chi connectivity index (χ2n) is 5.90. The third-order valence-electron chi connectivity index (χ3n) is 4.24. The first-order valence-electron chi connectivity index (χ1n) is 7.67. The minimum Gasteiger partial charge on any atom is -0.349 e. The molecule has 0 saturated heterocycles. The minimum absolute atomic E-state index is 0.199. The van der Waals surface area contributed by atoms with Gasteiger partial charge in [-0.2, -0.15) is 0 Å². The highest BCUT2D eigenvalue weighted by molar-refractivity contribution is 5.75. The molecule has 0 radical (unpaired) electrons. The number of benzene rings is 1. The SMILES string of the molecule is CN(C)C(=O)CCNC1CCCCC1c1ccccc1. The van der Waals surface area contributed by atoms with Gasteiger partial charge in [-0.25, -0.2) is 0 Å². The van der Waals surface area contributed by atoms with Gasteiger partial charge >= 0.3 is 0 Å². The van der Waals surface area contributed by atoms with E-state index >= 15 is 0 Å². The van der Waals surface area contributed by atoms with Gasteiger partial charge in [0.1, 0.15) is 0 Å². The van der Waals surface area contributed by atoms with Crippen molar-refractivity contribution >= 4 is 5.91 Å². The molecule has 2 atom stereocenters. The van der Waals surface area contributed by atoms with Crippen molar-refractivity contribution < 1.29 is 4.79 Å². The number of hydrogen-bond donors (Lipinski definition) is 1. The summed E-state index contributed by atoms with van der Waals surface area (Å²) in [6.45, 7) is 0.783. The Balaban J connectivity index is 1.89. The van der Waals surface area contributed by atoms with Crippen LogP contribution >= 0.6 is 0 Å². The Morgan fingerprint density at radius 2 is 1.90 bits per heavy atom. The second kappa shape index (κ2) is 7.44. The largest absolute Gasteiger partial charge is 0.349 e. The van der Waals surface area contributed by atoms with E-state index in [2.05, 4.69) is 35.6 Å². The van der Waals surface area contributed by atoms with E-state index in [9.17, 15) is 4.79 Å². The van der Waals surface area contributed by atoms with E-state index in [0.717, 1.165) is 6.54 Å². The molecule has 0 bridgehead atoms. The highest BCUT2D eigenvalue weighted by Gasteiger charge is 2.25. The van der Waals surface area contributed by atoms with Crippen LogP contribution in [-0.4, -0.2) is 37.5 Å². The summed E-state index contributed by atoms with van der Waals surface area (Å²) in [5.74, 6) is 0.795. The zero-order valence-electron chi connectivity index (χ0n) is 12.6. The number of hydrogen-bond acceptors (Lipinski definition) is 2. The average molecular weight is 274 g/mol. The average Bonchev–Trinajstić information content (AvgIpc) is 2.48. The Morgan fingerprint density at radius 1 is 1.20 bits per heavy atom. The van der Waals surface area contributed by atoms with Gasteiger partial charge < -0.3 is 10.2 Å². The smallest absolute Gasteiger partial charge is 0.223 e. The predicted molar refractivity (Wildman–Crippen MR) is 82.8 cm³/mol. The lowest BCUT2D eigenvalue weighted by molar-refractivity contribution is -0.128. The van der Waals surface area contributed by atoms with Crippen LogP contribution in [0.4, 0.5) is 0 Å². The van der Waals surface area contributed by atoms with Gasteiger partial charge in [-0.15, -0.1) is 0 Å². The molecule has 1 saturated carbocycles. The highest BCUT2D eigenvalue weighted by atomic mass is 16.2. The second-order valence-corrected chi connectivity index (χ2v) is 5.90. The number of amides is 1. The molecule has 1 aromatic rings. The van der Waals surface area contributed by atoms with Gasteiger partial charge in [0.25, 0.3) is 0 Å². The van der Waals surface area contributed by atoms with E-state index in [0.29, 0.717) is 18.4 Å². The number of rotatable bonds is 5. The van der Waals surface area contributed by atoms with Crippen molar-refractivity contribution in [3.05, 3.63) is 35.9 Å². The van der Waals surface area contributed by atoms with Crippen LogP contribution in [0.5, 0.6) is 0 Å². The van der Waals surface area contributed by atoms with Gasteiger partial charge in [-0.05, 0) is 24.3 Å². The fourth-order valence-electron chi connectivity index (χ4n) is 3.06. The molecule has 1 N–H and O–H groups in total. The molecule has 1 fully saturated rings. The van der Waals surface area contributed by atoms with Crippen molar-refractivity contribution in [3.63, 3.8) is 0 Å². The van der Waals surface area contributed by atoms with E-state index < -0.39 is 0 Å². The summed E-state index contributed by atoms with van der Waals surface area (Å²) in [5, 5.41) is 3.61. The first kappa shape index (κ1) is 15.0. The summed E-state index contributed by atoms with van der Waals surface area (Å²) >= 11 is 0. The zero-order valence-corrected chi connectivity index (χ0v) is 12.6. The van der Waals surface area contributed by atoms with Crippen molar-refractivity contribution in [2.45, 2.75) is 44.1 Å². The van der Waals surface area contributed by atoms with E-state index in [1.54, 1.807) is 4.90 Å². The Hall–Kier alpha value is -1.35. The molecule has 110 valence electrons. The van der Waals surface area contributed by atoms with Crippen LogP contribution in [-0.2, 0) is 4.79 Å². The van der Waals surface area contributed by atoms with Crippen LogP contribution in [0.15, 0.2) is 30.3 Å². The number of nitrogens with one attached hydrogen (secondary N) is 1. The molecule has 0 heterocycles. The van der Waals surface area contributed by atoms with Crippen LogP contribution in [0, 0.1) is 0 Å². The Bertz CT molecular complexity index is 416. The van der Waals surface area contributed by atoms with E-state index in [1.165, 1.54) is 31.2 Å². The molecule has 0 spiro atoms. The van der Waals surface area contributed by atoms with E-state index in [1.807, 2.05) is 14.1 Å². The maximum atomic E-state index is 11.6. The molecule has 1 aliphatic carbocycles. The van der Waals surface area contributed by atoms with Gasteiger partial charge in [0, 0.05) is 33.1 Å². The summed E-state index contributed by atoms with van der Waals surface area (Å²) < 4.78 is 0. The van der Waals surface area contributed by atoms with Crippen LogP contribution in [0.1, 0.15) is 43.6 Å². The zero-order chi connectivity index (χ0) is 14.4. The third kappa shape index (κ3) is 4.07. The Morgan fingerprint density at radius 3 is 2.60 bits per heavy atom. The van der Waals surface area contributed by atoms with Gasteiger partial charge in [-0.1, -0.05) is 43.2 Å². The molecule has 20 heavy (non-hydrogen) atoms. The first-order chi connectivity index (χ1) is 9.68. The molecule has 2 rings (SSSR count). The molecule has 3 heteroatoms. The lowest BCUT2D eigenvalue weighted by Gasteiger charge is -2.33. The van der Waals surface area contributed by atoms with Crippen LogP contribution in [0.2, 0.25) is 0 Å². The molecule has 2 unspecified atom stereocenters. The monoisotopic (exact) mass is 274 g/mol. The van der Waals surface area contributed by atoms with Gasteiger partial charge in [-0.3, -0.25) is 4.79 Å². The predicted octanol–water partition coefficient (Wildman–Crippen LogP) is 2.78. The fraction of sp³-hybridized carbons (Fsp3) is 0.588. The summed E-state index contributed by atoms with van der Waals surface area (Å²) in [7, 11) is 3.63.